The summed E-state index contributed by atoms with van der Waals surface area (Å²) in [5, 5.41) is 11.7. The Balaban J connectivity index is 1.24. The first-order chi connectivity index (χ1) is 22.2. The van der Waals surface area contributed by atoms with Gasteiger partial charge in [0, 0.05) is 13.0 Å². The average molecular weight is 734 g/mol. The molecule has 1 saturated carbocycles. The molecule has 4 aromatic rings. The van der Waals surface area contributed by atoms with Crippen molar-refractivity contribution in [2.24, 2.45) is 5.92 Å². The van der Waals surface area contributed by atoms with Gasteiger partial charge >= 0.3 is 14.6 Å². The average Bonchev–Trinajstić information content (AvgIpc) is 3.76. The molecule has 47 heavy (non-hydrogen) atoms. The number of aromatic amines is 1. The van der Waals surface area contributed by atoms with E-state index < -0.39 is 81.5 Å². The number of nitrogens with two attached hydrogens (primary N) is 2. The Morgan fingerprint density at radius 2 is 1.94 bits per heavy atom. The number of fused-ring (bicyclic) bond motifs is 5. The molecule has 4 aromatic heterocycles. The Bertz CT molecular complexity index is 2010. The van der Waals surface area contributed by atoms with Crippen LogP contribution >= 0.6 is 38.4 Å². The number of hydrogen-bond donors (Lipinski definition) is 6. The topological polar surface area (TPSA) is 284 Å². The van der Waals surface area contributed by atoms with Gasteiger partial charge in [-0.2, -0.15) is 4.37 Å². The number of imidazole rings is 1. The van der Waals surface area contributed by atoms with Crippen molar-refractivity contribution in [3.63, 3.8) is 0 Å². The van der Waals surface area contributed by atoms with E-state index in [1.807, 2.05) is 0 Å². The predicted molar refractivity (Wildman–Crippen MR) is 166 cm³/mol. The zero-order valence-electron chi connectivity index (χ0n) is 24.5. The van der Waals surface area contributed by atoms with Crippen LogP contribution in [0, 0.1) is 5.92 Å². The van der Waals surface area contributed by atoms with Gasteiger partial charge in [-0.1, -0.05) is 12.2 Å². The summed E-state index contributed by atoms with van der Waals surface area (Å²) in [5.41, 5.74) is 10.6. The Labute approximate surface area is 273 Å². The number of aliphatic hydroxyl groups excluding tert-OH is 1. The van der Waals surface area contributed by atoms with Crippen LogP contribution in [0.4, 0.5) is 11.8 Å². The van der Waals surface area contributed by atoms with Gasteiger partial charge in [0.25, 0.3) is 5.56 Å². The second-order valence-electron chi connectivity index (χ2n) is 11.5. The molecule has 20 nitrogen and oxygen atoms in total. The number of hydrogen-bond acceptors (Lipinski definition) is 18. The number of nitrogen functional groups attached to an aromatic ring is 2. The molecule has 3 fully saturated rings. The fourth-order valence-corrected chi connectivity index (χ4v) is 9.79. The first kappa shape index (κ1) is 32.9. The number of anilines is 2. The molecule has 2 aliphatic heterocycles. The van der Waals surface area contributed by atoms with Crippen molar-refractivity contribution < 1.29 is 46.7 Å². The third kappa shape index (κ3) is 5.69. The van der Waals surface area contributed by atoms with Gasteiger partial charge in [-0.05, 0) is 24.9 Å². The van der Waals surface area contributed by atoms with E-state index in [4.69, 9.17) is 39.0 Å². The minimum atomic E-state index is -4.93. The van der Waals surface area contributed by atoms with Crippen molar-refractivity contribution in [1.82, 2.24) is 33.9 Å². The maximum Gasteiger partial charge on any atom is 0.472 e. The van der Waals surface area contributed by atoms with Gasteiger partial charge < -0.3 is 35.5 Å². The van der Waals surface area contributed by atoms with E-state index in [1.54, 1.807) is 11.5 Å². The second kappa shape index (κ2) is 11.8. The maximum atomic E-state index is 13.7. The molecule has 0 radical (unpaired) electrons. The molecular formula is C23H29N9O11P2S2. The zero-order chi connectivity index (χ0) is 33.5. The minimum absolute atomic E-state index is 0.0324. The minimum Gasteiger partial charge on any atom is -0.388 e. The number of nitrogens with zero attached hydrogens (tertiary/aromatic N) is 6. The van der Waals surface area contributed by atoms with Gasteiger partial charge in [-0.15, -0.1) is 0 Å². The highest BCUT2D eigenvalue weighted by molar-refractivity contribution is 8.44. The number of methoxy groups -OCH3 is 1. The summed E-state index contributed by atoms with van der Waals surface area (Å²) < 4.78 is 67.3. The summed E-state index contributed by atoms with van der Waals surface area (Å²) in [5.74, 6) is -0.915. The van der Waals surface area contributed by atoms with E-state index in [2.05, 4.69) is 41.5 Å². The Hall–Kier alpha value is -2.59. The van der Waals surface area contributed by atoms with Crippen LogP contribution in [0.2, 0.25) is 0 Å². The molecule has 7 N–H and O–H groups in total. The summed E-state index contributed by atoms with van der Waals surface area (Å²) in [4.78, 5) is 42.7. The highest BCUT2D eigenvalue weighted by Crippen LogP contribution is 2.60. The molecule has 1 aliphatic carbocycles. The number of H-pyrrole nitrogens is 1. The quantitative estimate of drug-likeness (QED) is 0.126. The number of ether oxygens (including phenoxy) is 2. The summed E-state index contributed by atoms with van der Waals surface area (Å²) in [6, 6.07) is 0. The predicted octanol–water partition coefficient (Wildman–Crippen LogP) is 0.890. The van der Waals surface area contributed by atoms with Crippen LogP contribution in [0.3, 0.4) is 0 Å². The fourth-order valence-electron chi connectivity index (χ4n) is 6.41. The van der Waals surface area contributed by atoms with Crippen LogP contribution < -0.4 is 17.0 Å². The highest BCUT2D eigenvalue weighted by Gasteiger charge is 2.57. The third-order valence-electron chi connectivity index (χ3n) is 8.59. The molecule has 2 unspecified atom stereocenters. The van der Waals surface area contributed by atoms with E-state index in [9.17, 15) is 23.9 Å². The highest BCUT2D eigenvalue weighted by atomic mass is 32.7. The Kier molecular flexibility index (Phi) is 8.25. The molecule has 7 rings (SSSR count). The van der Waals surface area contributed by atoms with E-state index in [0.29, 0.717) is 11.2 Å². The van der Waals surface area contributed by atoms with Crippen LogP contribution in [0.15, 0.2) is 17.4 Å². The zero-order valence-corrected chi connectivity index (χ0v) is 28.0. The van der Waals surface area contributed by atoms with Crippen molar-refractivity contribution >= 4 is 72.4 Å². The number of nitrogens with one attached hydrogen (secondary N) is 1. The molecule has 10 atom stereocenters. The third-order valence-corrected chi connectivity index (χ3v) is 12.1. The molecule has 254 valence electrons. The van der Waals surface area contributed by atoms with Gasteiger partial charge in [-0.25, -0.2) is 29.1 Å². The monoisotopic (exact) mass is 733 g/mol. The van der Waals surface area contributed by atoms with Gasteiger partial charge in [0.05, 0.1) is 30.0 Å². The number of aromatic nitrogens is 7. The van der Waals surface area contributed by atoms with Crippen LogP contribution in [-0.4, -0.2) is 94.7 Å². The molecule has 2 saturated heterocycles. The molecule has 0 spiro atoms. The number of thiol groups is 1. The van der Waals surface area contributed by atoms with Crippen LogP contribution in [0.1, 0.15) is 24.3 Å². The summed E-state index contributed by atoms with van der Waals surface area (Å²) >= 11 is 5.02. The van der Waals surface area contributed by atoms with Crippen molar-refractivity contribution in [1.29, 1.82) is 0 Å². The molecule has 3 aliphatic rings. The summed E-state index contributed by atoms with van der Waals surface area (Å²) in [6.45, 7) is -3.54. The molecule has 0 amide bonds. The first-order valence-corrected chi connectivity index (χ1v) is 18.9. The van der Waals surface area contributed by atoms with Crippen LogP contribution in [0.25, 0.3) is 22.2 Å². The van der Waals surface area contributed by atoms with Crippen molar-refractivity contribution in [2.45, 2.75) is 55.5 Å². The number of phosphoric ester groups is 1. The van der Waals surface area contributed by atoms with Gasteiger partial charge in [0.1, 0.15) is 54.0 Å². The summed E-state index contributed by atoms with van der Waals surface area (Å²) in [6.07, 6.45) is -4.62. The lowest BCUT2D eigenvalue weighted by atomic mass is 9.96. The molecule has 6 heterocycles. The molecular weight excluding hydrogens is 704 g/mol. The van der Waals surface area contributed by atoms with E-state index in [1.165, 1.54) is 19.8 Å². The van der Waals surface area contributed by atoms with Gasteiger partial charge in [0.15, 0.2) is 17.0 Å². The summed E-state index contributed by atoms with van der Waals surface area (Å²) in [7, 11) is -3.62. The van der Waals surface area contributed by atoms with Gasteiger partial charge in [-0.3, -0.25) is 27.9 Å². The molecule has 0 aromatic carbocycles. The van der Waals surface area contributed by atoms with Crippen molar-refractivity contribution in [2.75, 3.05) is 31.8 Å². The largest absolute Gasteiger partial charge is 0.472 e. The van der Waals surface area contributed by atoms with Crippen LogP contribution in [-0.2, 0) is 42.2 Å². The fraction of sp³-hybridized carbons (Fsp3) is 0.565. The Morgan fingerprint density at radius 3 is 2.70 bits per heavy atom. The van der Waals surface area contributed by atoms with E-state index in [-0.39, 0.29) is 34.1 Å². The van der Waals surface area contributed by atoms with Crippen LogP contribution in [0.5, 0.6) is 0 Å². The number of aliphatic hydroxyl groups is 1. The second-order valence-corrected chi connectivity index (χ2v) is 16.6. The number of phosphoric acid groups is 1. The standard InChI is InChI=1S/C23H29N9O11P2S2/c1-23(32-7-28-12-19(24)26-6-27-20(12)32)3-8-4-39-44(35,36)42-15-14(38-2)9(5-40-45(37,46)43-13(8)18(23)33)41-16(15)17-10-11(31-47-17)21(34)30-22(25)29-10/h6-9,13-16,18,33H,3-5H2,1-2H3,(H,35,36)(H,37,46)(H2,24,26,27)(H3,25,29,30,34)/t8-,9-,13-,14-,15-,16-,18-,23?,45-/m1/s1. The SMILES string of the molecule is CO[C@H]1[C@H]2OP(=O)(O)OC[C@H]3CC(C)(n4cnc5c(N)ncnc54)[C@H](O)[C@@H]3O[P@](=O)(S)OC[C@H]1O[C@H]2c1snc2c(=O)[nH]c(N)nc12. The smallest absolute Gasteiger partial charge is 0.388 e. The Morgan fingerprint density at radius 1 is 1.15 bits per heavy atom. The first-order valence-electron chi connectivity index (χ1n) is 14.0. The van der Waals surface area contributed by atoms with Crippen molar-refractivity contribution in [3.8, 4) is 0 Å². The lowest BCUT2D eigenvalue weighted by Crippen LogP contribution is -2.42. The number of rotatable bonds is 3. The van der Waals surface area contributed by atoms with Gasteiger partial charge in [0.2, 0.25) is 5.95 Å². The van der Waals surface area contributed by atoms with Crippen molar-refractivity contribution in [3.05, 3.63) is 27.9 Å². The van der Waals surface area contributed by atoms with E-state index >= 15 is 0 Å². The lowest BCUT2D eigenvalue weighted by Gasteiger charge is -2.32. The maximum absolute atomic E-state index is 13.7. The van der Waals surface area contributed by atoms with E-state index in [0.717, 1.165) is 11.5 Å². The normalized spacial score (nSPS) is 38.2. The lowest BCUT2D eigenvalue weighted by molar-refractivity contribution is -0.0392. The molecule has 2 bridgehead atoms. The molecule has 24 heteroatoms.